The molecule has 0 unspecified atom stereocenters. The van der Waals surface area contributed by atoms with Crippen molar-refractivity contribution in [1.29, 1.82) is 0 Å². The number of carbonyl (C=O) groups is 2. The van der Waals surface area contributed by atoms with Gasteiger partial charge in [-0.25, -0.2) is 13.2 Å². The number of carbonyl (C=O) groups excluding carboxylic acids is 2. The Morgan fingerprint density at radius 3 is 2.44 bits per heavy atom. The summed E-state index contributed by atoms with van der Waals surface area (Å²) in [6, 6.07) is -0.100. The van der Waals surface area contributed by atoms with E-state index in [1.165, 1.54) is 13.8 Å². The van der Waals surface area contributed by atoms with Crippen LogP contribution < -0.4 is 5.32 Å². The summed E-state index contributed by atoms with van der Waals surface area (Å²) in [5.41, 5.74) is 0. The molecule has 0 heterocycles. The minimum atomic E-state index is -3.38. The van der Waals surface area contributed by atoms with E-state index in [0.717, 1.165) is 0 Å². The molecule has 104 valence electrons. The molecule has 1 N–H and O–H groups in total. The fourth-order valence-corrected chi connectivity index (χ4v) is 2.11. The van der Waals surface area contributed by atoms with Gasteiger partial charge in [-0.05, 0) is 26.7 Å². The highest BCUT2D eigenvalue weighted by Gasteiger charge is 2.22. The molecule has 18 heavy (non-hydrogen) atoms. The molecule has 0 aliphatic heterocycles. The molecule has 0 spiro atoms. The van der Waals surface area contributed by atoms with E-state index in [2.05, 4.69) is 10.1 Å². The number of ketones is 1. The average molecular weight is 277 g/mol. The van der Waals surface area contributed by atoms with Gasteiger partial charge in [0.15, 0.2) is 15.8 Å². The Morgan fingerprint density at radius 1 is 1.39 bits per heavy atom. The van der Waals surface area contributed by atoms with Gasteiger partial charge >= 0.3 is 6.09 Å². The van der Waals surface area contributed by atoms with Crippen LogP contribution in [0.3, 0.4) is 0 Å². The lowest BCUT2D eigenvalue weighted by molar-refractivity contribution is -0.120. The molecule has 0 radical (unpaired) electrons. The first-order chi connectivity index (χ1) is 8.31. The van der Waals surface area contributed by atoms with Gasteiger partial charge in [0.1, 0.15) is 5.78 Å². The van der Waals surface area contributed by atoms with Crippen molar-refractivity contribution >= 4 is 21.7 Å². The molecule has 0 aromatic rings. The number of alkyl carbamates (subject to hydrolysis) is 1. The monoisotopic (exact) mass is 277 g/mol. The second-order valence-corrected chi connectivity index (χ2v) is 7.22. The summed E-state index contributed by atoms with van der Waals surface area (Å²) in [5.74, 6) is -0.411. The summed E-state index contributed by atoms with van der Waals surface area (Å²) in [5, 5.41) is 2.00. The number of rotatable bonds is 4. The van der Waals surface area contributed by atoms with Crippen LogP contribution in [0.1, 0.15) is 39.5 Å². The van der Waals surface area contributed by atoms with Crippen LogP contribution >= 0.6 is 0 Å². The lowest BCUT2D eigenvalue weighted by Gasteiger charge is -2.21. The fourth-order valence-electron chi connectivity index (χ4n) is 1.56. The minimum absolute atomic E-state index is 0.100. The summed E-state index contributed by atoms with van der Waals surface area (Å²) in [4.78, 5) is 22.4. The second kappa shape index (κ2) is 6.17. The summed E-state index contributed by atoms with van der Waals surface area (Å²) in [7, 11) is -3.38. The molecule has 1 aliphatic rings. The smallest absolute Gasteiger partial charge is 0.408 e. The van der Waals surface area contributed by atoms with Crippen LogP contribution in [0.2, 0.25) is 0 Å². The number of hydrogen-bond acceptors (Lipinski definition) is 5. The predicted octanol–water partition coefficient (Wildman–Crippen LogP) is 1.00. The number of ether oxygens (including phenoxy) is 1. The van der Waals surface area contributed by atoms with Crippen LogP contribution in [0.15, 0.2) is 0 Å². The Hall–Kier alpha value is -1.11. The number of sulfone groups is 1. The largest absolute Gasteiger partial charge is 0.433 e. The molecule has 0 atom stereocenters. The zero-order valence-electron chi connectivity index (χ0n) is 10.6. The van der Waals surface area contributed by atoms with Crippen molar-refractivity contribution < 1.29 is 22.7 Å². The molecule has 0 aromatic carbocycles. The zero-order chi connectivity index (χ0) is 13.8. The molecule has 1 saturated carbocycles. The third kappa shape index (κ3) is 4.64. The lowest BCUT2D eigenvalue weighted by atomic mass is 9.95. The summed E-state index contributed by atoms with van der Waals surface area (Å²) < 4.78 is 27.5. The Balaban J connectivity index is 2.32. The maximum atomic E-state index is 11.4. The normalized spacial score (nSPS) is 17.8. The predicted molar refractivity (Wildman–Crippen MR) is 65.8 cm³/mol. The highest BCUT2D eigenvalue weighted by molar-refractivity contribution is 7.91. The van der Waals surface area contributed by atoms with E-state index in [-0.39, 0.29) is 11.8 Å². The van der Waals surface area contributed by atoms with Gasteiger partial charge < -0.3 is 10.1 Å². The molecular formula is C11H19NO5S. The number of amides is 1. The van der Waals surface area contributed by atoms with Gasteiger partial charge in [-0.2, -0.15) is 0 Å². The maximum Gasteiger partial charge on any atom is 0.408 e. The van der Waals surface area contributed by atoms with Gasteiger partial charge in [-0.15, -0.1) is 0 Å². The summed E-state index contributed by atoms with van der Waals surface area (Å²) in [6.07, 6.45) is 1.35. The Kier molecular flexibility index (Phi) is 5.13. The van der Waals surface area contributed by atoms with Crippen molar-refractivity contribution in [2.75, 3.05) is 5.94 Å². The molecule has 0 saturated heterocycles. The van der Waals surface area contributed by atoms with Crippen LogP contribution in [0.5, 0.6) is 0 Å². The van der Waals surface area contributed by atoms with Crippen LogP contribution in [-0.2, 0) is 19.4 Å². The lowest BCUT2D eigenvalue weighted by Crippen LogP contribution is -2.39. The quantitative estimate of drug-likeness (QED) is 0.828. The van der Waals surface area contributed by atoms with Crippen LogP contribution in [0.25, 0.3) is 0 Å². The number of nitrogens with one attached hydrogen (secondary N) is 1. The van der Waals surface area contributed by atoms with E-state index in [4.69, 9.17) is 0 Å². The molecule has 0 aromatic heterocycles. The van der Waals surface area contributed by atoms with Crippen molar-refractivity contribution in [1.82, 2.24) is 5.32 Å². The number of hydrogen-bond donors (Lipinski definition) is 1. The minimum Gasteiger partial charge on any atom is -0.433 e. The standard InChI is InChI=1S/C11H19NO5S/c1-8(2)18(15,16)7-17-11(14)12-9-3-5-10(13)6-4-9/h8-9H,3-7H2,1-2H3,(H,12,14). The second-order valence-electron chi connectivity index (χ2n) is 4.72. The zero-order valence-corrected chi connectivity index (χ0v) is 11.5. The highest BCUT2D eigenvalue weighted by Crippen LogP contribution is 2.14. The van der Waals surface area contributed by atoms with Gasteiger partial charge in [0.05, 0.1) is 5.25 Å². The molecule has 7 heteroatoms. The average Bonchev–Trinajstić information content (AvgIpc) is 2.29. The van der Waals surface area contributed by atoms with Crippen LogP contribution in [0.4, 0.5) is 4.79 Å². The summed E-state index contributed by atoms with van der Waals surface area (Å²) in [6.45, 7) is 3.06. The molecule has 1 aliphatic carbocycles. The first-order valence-electron chi connectivity index (χ1n) is 5.98. The Labute approximate surface area is 107 Å². The topological polar surface area (TPSA) is 89.5 Å². The Morgan fingerprint density at radius 2 is 1.94 bits per heavy atom. The molecule has 0 bridgehead atoms. The van der Waals surface area contributed by atoms with Crippen molar-refractivity contribution in [2.24, 2.45) is 0 Å². The molecule has 6 nitrogen and oxygen atoms in total. The van der Waals surface area contributed by atoms with E-state index in [1.54, 1.807) is 0 Å². The van der Waals surface area contributed by atoms with E-state index in [1.807, 2.05) is 0 Å². The Bertz CT molecular complexity index is 405. The first kappa shape index (κ1) is 14.9. The van der Waals surface area contributed by atoms with Crippen molar-refractivity contribution in [2.45, 2.75) is 50.8 Å². The van der Waals surface area contributed by atoms with E-state index < -0.39 is 27.1 Å². The number of Topliss-reactive ketones (excluding diaryl/α,β-unsaturated/α-hetero) is 1. The van der Waals surface area contributed by atoms with Gasteiger partial charge in [-0.1, -0.05) is 0 Å². The van der Waals surface area contributed by atoms with Crippen molar-refractivity contribution in [3.8, 4) is 0 Å². The van der Waals surface area contributed by atoms with Gasteiger partial charge in [0.2, 0.25) is 0 Å². The van der Waals surface area contributed by atoms with Gasteiger partial charge in [0, 0.05) is 18.9 Å². The SMILES string of the molecule is CC(C)S(=O)(=O)COC(=O)NC1CCC(=O)CC1. The van der Waals surface area contributed by atoms with Gasteiger partial charge in [-0.3, -0.25) is 4.79 Å². The van der Waals surface area contributed by atoms with E-state index in [0.29, 0.717) is 25.7 Å². The fraction of sp³-hybridized carbons (Fsp3) is 0.818. The summed E-state index contributed by atoms with van der Waals surface area (Å²) >= 11 is 0. The molecular weight excluding hydrogens is 258 g/mol. The van der Waals surface area contributed by atoms with Crippen molar-refractivity contribution in [3.05, 3.63) is 0 Å². The first-order valence-corrected chi connectivity index (χ1v) is 7.69. The van der Waals surface area contributed by atoms with E-state index >= 15 is 0 Å². The van der Waals surface area contributed by atoms with Crippen LogP contribution in [0, 0.1) is 0 Å². The maximum absolute atomic E-state index is 11.4. The third-order valence-corrected chi connectivity index (χ3v) is 4.82. The van der Waals surface area contributed by atoms with E-state index in [9.17, 15) is 18.0 Å². The molecule has 1 rings (SSSR count). The van der Waals surface area contributed by atoms with Gasteiger partial charge in [0.25, 0.3) is 0 Å². The molecule has 1 fully saturated rings. The molecule has 1 amide bonds. The van der Waals surface area contributed by atoms with Crippen molar-refractivity contribution in [3.63, 3.8) is 0 Å². The third-order valence-electron chi connectivity index (χ3n) is 2.94. The van der Waals surface area contributed by atoms with Crippen LogP contribution in [-0.4, -0.2) is 37.5 Å². The highest BCUT2D eigenvalue weighted by atomic mass is 32.2.